The summed E-state index contributed by atoms with van der Waals surface area (Å²) in [7, 11) is 0. The lowest BCUT2D eigenvalue weighted by molar-refractivity contribution is -0.128. The summed E-state index contributed by atoms with van der Waals surface area (Å²) in [4.78, 5) is 36.6. The van der Waals surface area contributed by atoms with Crippen LogP contribution >= 0.6 is 0 Å². The van der Waals surface area contributed by atoms with Gasteiger partial charge in [-0.05, 0) is 38.5 Å². The highest BCUT2D eigenvalue weighted by Gasteiger charge is 2.42. The summed E-state index contributed by atoms with van der Waals surface area (Å²) in [6.45, 7) is 11.8. The largest absolute Gasteiger partial charge is 0.487 e. The molecule has 3 aliphatic rings. The number of nitrogens with one attached hydrogen (secondary N) is 1. The van der Waals surface area contributed by atoms with E-state index in [0.717, 1.165) is 16.5 Å². The molecule has 1 N–H and O–H groups in total. The van der Waals surface area contributed by atoms with E-state index in [-0.39, 0.29) is 42.0 Å². The van der Waals surface area contributed by atoms with Gasteiger partial charge in [0.25, 0.3) is 5.91 Å². The van der Waals surface area contributed by atoms with Crippen molar-refractivity contribution >= 4 is 28.5 Å². The Morgan fingerprint density at radius 3 is 2.85 bits per heavy atom. The molecule has 10 nitrogen and oxygen atoms in total. The molecule has 39 heavy (non-hydrogen) atoms. The second-order valence-corrected chi connectivity index (χ2v) is 10.9. The molecule has 2 aromatic heterocycles. The number of carbonyl (C=O) groups is 2. The van der Waals surface area contributed by atoms with Crippen LogP contribution in [-0.2, 0) is 9.53 Å². The minimum absolute atomic E-state index is 0.0446. The van der Waals surface area contributed by atoms with Crippen molar-refractivity contribution in [1.82, 2.24) is 25.0 Å². The van der Waals surface area contributed by atoms with Gasteiger partial charge in [-0.15, -0.1) is 0 Å². The molecule has 0 radical (unpaired) electrons. The zero-order valence-corrected chi connectivity index (χ0v) is 22.3. The topological polar surface area (TPSA) is 104 Å². The number of aromatic nitrogens is 3. The molecule has 5 heterocycles. The lowest BCUT2D eigenvalue weighted by Gasteiger charge is -2.41. The Labute approximate surface area is 225 Å². The average Bonchev–Trinajstić information content (AvgIpc) is 3.34. The molecule has 3 aromatic rings. The van der Waals surface area contributed by atoms with Gasteiger partial charge in [0.15, 0.2) is 11.6 Å². The highest BCUT2D eigenvalue weighted by atomic mass is 19.1. The van der Waals surface area contributed by atoms with Crippen LogP contribution in [-0.4, -0.2) is 94.4 Å². The third-order valence-corrected chi connectivity index (χ3v) is 7.73. The maximum atomic E-state index is 16.5. The molecule has 2 saturated heterocycles. The quantitative estimate of drug-likeness (QED) is 0.516. The Balaban J connectivity index is 1.53. The van der Waals surface area contributed by atoms with Gasteiger partial charge in [-0.3, -0.25) is 14.7 Å². The number of morpholine rings is 1. The number of amides is 2. The number of pyridine rings is 1. The van der Waals surface area contributed by atoms with E-state index in [1.807, 2.05) is 37.8 Å². The van der Waals surface area contributed by atoms with Gasteiger partial charge in [-0.1, -0.05) is 12.6 Å². The van der Waals surface area contributed by atoms with E-state index in [0.29, 0.717) is 44.2 Å². The number of rotatable bonds is 3. The van der Waals surface area contributed by atoms with Crippen LogP contribution in [0.4, 0.5) is 10.2 Å². The number of aromatic amines is 1. The number of fused-ring (bicyclic) bond motifs is 3. The third kappa shape index (κ3) is 4.21. The van der Waals surface area contributed by atoms with Crippen LogP contribution in [0.2, 0.25) is 0 Å². The van der Waals surface area contributed by atoms with E-state index in [1.54, 1.807) is 16.0 Å². The van der Waals surface area contributed by atoms with Gasteiger partial charge in [-0.25, -0.2) is 9.37 Å². The predicted molar refractivity (Wildman–Crippen MR) is 143 cm³/mol. The van der Waals surface area contributed by atoms with Crippen LogP contribution < -0.4 is 9.64 Å². The van der Waals surface area contributed by atoms with E-state index in [9.17, 15) is 9.59 Å². The lowest BCUT2D eigenvalue weighted by Crippen LogP contribution is -2.57. The first-order valence-electron chi connectivity index (χ1n) is 13.1. The Morgan fingerprint density at radius 2 is 2.08 bits per heavy atom. The minimum Gasteiger partial charge on any atom is -0.487 e. The number of ether oxygens (including phenoxy) is 2. The van der Waals surface area contributed by atoms with Crippen molar-refractivity contribution in [3.05, 3.63) is 47.9 Å². The minimum atomic E-state index is -0.690. The summed E-state index contributed by atoms with van der Waals surface area (Å²) in [5, 5.41) is 7.81. The number of carbonyl (C=O) groups excluding carboxylic acids is 2. The summed E-state index contributed by atoms with van der Waals surface area (Å²) in [5.74, 6) is -0.994. The Kier molecular flexibility index (Phi) is 6.05. The molecule has 11 heteroatoms. The second kappa shape index (κ2) is 9.33. The van der Waals surface area contributed by atoms with Gasteiger partial charge in [0.1, 0.15) is 23.7 Å². The number of benzene rings is 1. The van der Waals surface area contributed by atoms with Crippen molar-refractivity contribution in [2.24, 2.45) is 0 Å². The average molecular weight is 535 g/mol. The molecule has 3 aliphatic heterocycles. The van der Waals surface area contributed by atoms with Crippen molar-refractivity contribution in [3.8, 4) is 17.0 Å². The van der Waals surface area contributed by atoms with Crippen molar-refractivity contribution in [1.29, 1.82) is 0 Å². The zero-order chi connectivity index (χ0) is 27.5. The van der Waals surface area contributed by atoms with Crippen molar-refractivity contribution in [2.45, 2.75) is 32.4 Å². The van der Waals surface area contributed by atoms with Crippen LogP contribution in [0.1, 0.15) is 29.8 Å². The fourth-order valence-corrected chi connectivity index (χ4v) is 5.81. The van der Waals surface area contributed by atoms with Crippen molar-refractivity contribution in [3.63, 3.8) is 0 Å². The second-order valence-electron chi connectivity index (χ2n) is 10.9. The standard InChI is InChI=1S/C28H31FN6O4/c1-5-20(36)33-8-9-35-17(13-33)14-38-25-22(27(35)37)26(34-10-11-39-28(3,4)15-34)31-24(23(25)29)21-16(2)6-7-19-18(21)12-30-32-19/h5-7,12,17H,1,8-11,13-15H2,2-4H3,(H,30,32)/t17-/m1/s1. The molecule has 6 rings (SSSR count). The number of hydrogen-bond donors (Lipinski definition) is 1. The molecular weight excluding hydrogens is 503 g/mol. The van der Waals surface area contributed by atoms with Gasteiger partial charge >= 0.3 is 0 Å². The van der Waals surface area contributed by atoms with E-state index in [4.69, 9.17) is 14.5 Å². The molecule has 0 saturated carbocycles. The van der Waals surface area contributed by atoms with Gasteiger partial charge in [0, 0.05) is 43.7 Å². The summed E-state index contributed by atoms with van der Waals surface area (Å²) in [5.41, 5.74) is 1.89. The lowest BCUT2D eigenvalue weighted by atomic mass is 9.98. The monoisotopic (exact) mass is 534 g/mol. The number of nitrogens with zero attached hydrogens (tertiary/aromatic N) is 5. The van der Waals surface area contributed by atoms with E-state index in [2.05, 4.69) is 16.8 Å². The number of hydrogen-bond acceptors (Lipinski definition) is 7. The van der Waals surface area contributed by atoms with Crippen molar-refractivity contribution < 1.29 is 23.5 Å². The highest BCUT2D eigenvalue weighted by Crippen LogP contribution is 2.42. The number of anilines is 1. The summed E-state index contributed by atoms with van der Waals surface area (Å²) >= 11 is 0. The molecule has 0 aliphatic carbocycles. The van der Waals surface area contributed by atoms with Crippen LogP contribution in [0.5, 0.6) is 5.75 Å². The summed E-state index contributed by atoms with van der Waals surface area (Å²) < 4.78 is 28.6. The maximum Gasteiger partial charge on any atom is 0.262 e. The molecule has 2 fully saturated rings. The zero-order valence-electron chi connectivity index (χ0n) is 22.3. The Bertz CT molecular complexity index is 1500. The highest BCUT2D eigenvalue weighted by molar-refractivity contribution is 6.04. The van der Waals surface area contributed by atoms with E-state index >= 15 is 4.39 Å². The first-order valence-corrected chi connectivity index (χ1v) is 13.1. The SMILES string of the molecule is C=CC(=O)N1CCN2C(=O)c3c(N4CCOC(C)(C)C4)nc(-c4c(C)ccc5[nH]ncc45)c(F)c3OC[C@H]2C1. The molecule has 0 bridgehead atoms. The first kappa shape index (κ1) is 25.3. The Hall–Kier alpha value is -3.99. The molecule has 204 valence electrons. The molecule has 0 spiro atoms. The van der Waals surface area contributed by atoms with Gasteiger partial charge < -0.3 is 24.2 Å². The molecule has 0 unspecified atom stereocenters. The summed E-state index contributed by atoms with van der Waals surface area (Å²) in [6, 6.07) is 3.35. The van der Waals surface area contributed by atoms with Crippen molar-refractivity contribution in [2.75, 3.05) is 50.8 Å². The van der Waals surface area contributed by atoms with Gasteiger partial charge in [0.2, 0.25) is 5.91 Å². The predicted octanol–water partition coefficient (Wildman–Crippen LogP) is 2.92. The Morgan fingerprint density at radius 1 is 1.26 bits per heavy atom. The maximum absolute atomic E-state index is 16.5. The van der Waals surface area contributed by atoms with Crippen LogP contribution in [0.15, 0.2) is 31.0 Å². The van der Waals surface area contributed by atoms with Gasteiger partial charge in [-0.2, -0.15) is 5.10 Å². The fourth-order valence-electron chi connectivity index (χ4n) is 5.81. The van der Waals surface area contributed by atoms with Crippen LogP contribution in [0, 0.1) is 12.7 Å². The number of aryl methyl sites for hydroxylation is 1. The third-order valence-electron chi connectivity index (χ3n) is 7.73. The van der Waals surface area contributed by atoms with E-state index < -0.39 is 17.5 Å². The molecular formula is C28H31FN6O4. The normalized spacial score (nSPS) is 20.8. The number of halogens is 1. The van der Waals surface area contributed by atoms with Crippen LogP contribution in [0.3, 0.4) is 0 Å². The van der Waals surface area contributed by atoms with Gasteiger partial charge in [0.05, 0.1) is 30.0 Å². The van der Waals surface area contributed by atoms with Crippen LogP contribution in [0.25, 0.3) is 22.2 Å². The number of piperazine rings is 1. The smallest absolute Gasteiger partial charge is 0.262 e. The summed E-state index contributed by atoms with van der Waals surface area (Å²) in [6.07, 6.45) is 2.91. The molecule has 2 amide bonds. The van der Waals surface area contributed by atoms with E-state index in [1.165, 1.54) is 6.08 Å². The number of H-pyrrole nitrogens is 1. The first-order chi connectivity index (χ1) is 18.7. The fraction of sp³-hybridized carbons (Fsp3) is 0.429. The molecule has 1 atom stereocenters. The molecule has 1 aromatic carbocycles.